The number of hydrogen-bond donors (Lipinski definition) is 1. The van der Waals surface area contributed by atoms with Crippen molar-refractivity contribution in [3.63, 3.8) is 0 Å². The molecule has 0 aliphatic heterocycles. The quantitative estimate of drug-likeness (QED) is 0.808. The monoisotopic (exact) mass is 267 g/mol. The minimum atomic E-state index is -0.103. The van der Waals surface area contributed by atoms with E-state index in [1.807, 2.05) is 31.2 Å². The topological polar surface area (TPSA) is 48.4 Å². The summed E-state index contributed by atoms with van der Waals surface area (Å²) in [4.78, 5) is 0. The van der Waals surface area contributed by atoms with Crippen LogP contribution >= 0.6 is 11.6 Å². The van der Waals surface area contributed by atoms with Crippen LogP contribution in [0.5, 0.6) is 0 Å². The molecule has 0 aliphatic carbocycles. The average Bonchev–Trinajstić information content (AvgIpc) is 2.80. The van der Waals surface area contributed by atoms with E-state index in [9.17, 15) is 0 Å². The van der Waals surface area contributed by atoms with Gasteiger partial charge in [0.1, 0.15) is 5.76 Å². The predicted molar refractivity (Wildman–Crippen MR) is 73.9 cm³/mol. The van der Waals surface area contributed by atoms with Crippen LogP contribution in [0, 0.1) is 0 Å². The average molecular weight is 268 g/mol. The molecule has 1 aromatic heterocycles. The molecule has 2 aromatic rings. The third-order valence-electron chi connectivity index (χ3n) is 2.89. The zero-order chi connectivity index (χ0) is 13.0. The second kappa shape index (κ2) is 6.23. The normalized spacial score (nSPS) is 13.1. The summed E-state index contributed by atoms with van der Waals surface area (Å²) in [5, 5.41) is 1.62. The van der Waals surface area contributed by atoms with Gasteiger partial charge in [-0.2, -0.15) is 0 Å². The van der Waals surface area contributed by atoms with Gasteiger partial charge in [0.15, 0.2) is 5.58 Å². The Labute approximate surface area is 112 Å². The second-order valence-electron chi connectivity index (χ2n) is 4.25. The van der Waals surface area contributed by atoms with Crippen molar-refractivity contribution in [2.75, 3.05) is 13.2 Å². The highest BCUT2D eigenvalue weighted by atomic mass is 35.5. The summed E-state index contributed by atoms with van der Waals surface area (Å²) in [7, 11) is 0. The van der Waals surface area contributed by atoms with Gasteiger partial charge in [0, 0.05) is 18.6 Å². The summed E-state index contributed by atoms with van der Waals surface area (Å²) in [6.45, 7) is 3.47. The van der Waals surface area contributed by atoms with Crippen LogP contribution < -0.4 is 5.73 Å². The number of hydrogen-bond acceptors (Lipinski definition) is 3. The van der Waals surface area contributed by atoms with Crippen LogP contribution in [0.1, 0.15) is 31.6 Å². The van der Waals surface area contributed by atoms with Crippen LogP contribution in [-0.4, -0.2) is 13.2 Å². The Bertz CT molecular complexity index is 509. The van der Waals surface area contributed by atoms with E-state index in [4.69, 9.17) is 26.5 Å². The first-order valence-electron chi connectivity index (χ1n) is 6.23. The highest BCUT2D eigenvalue weighted by Gasteiger charge is 2.13. The Balaban J connectivity index is 2.04. The van der Waals surface area contributed by atoms with Gasteiger partial charge < -0.3 is 14.9 Å². The molecule has 1 aromatic carbocycles. The minimum absolute atomic E-state index is 0.103. The third kappa shape index (κ3) is 3.05. The molecule has 18 heavy (non-hydrogen) atoms. The molecule has 0 spiro atoms. The standard InChI is InChI=1S/C14H18ClNO2/c1-2-17-8-4-7-12(16)13-9-10-5-3-6-11(15)14(10)18-13/h3,5-6,9,12H,2,4,7-8,16H2,1H3. The van der Waals surface area contributed by atoms with Crippen LogP contribution in [-0.2, 0) is 4.74 Å². The van der Waals surface area contributed by atoms with Gasteiger partial charge in [-0.05, 0) is 31.9 Å². The smallest absolute Gasteiger partial charge is 0.152 e. The Morgan fingerprint density at radius 3 is 3.00 bits per heavy atom. The van der Waals surface area contributed by atoms with Crippen molar-refractivity contribution in [1.29, 1.82) is 0 Å². The highest BCUT2D eigenvalue weighted by Crippen LogP contribution is 2.29. The van der Waals surface area contributed by atoms with Crippen molar-refractivity contribution in [2.24, 2.45) is 5.73 Å². The summed E-state index contributed by atoms with van der Waals surface area (Å²) in [5.41, 5.74) is 6.82. The van der Waals surface area contributed by atoms with E-state index in [-0.39, 0.29) is 6.04 Å². The third-order valence-corrected chi connectivity index (χ3v) is 3.19. The molecular weight excluding hydrogens is 250 g/mol. The fourth-order valence-electron chi connectivity index (χ4n) is 1.92. The van der Waals surface area contributed by atoms with Crippen molar-refractivity contribution in [2.45, 2.75) is 25.8 Å². The zero-order valence-electron chi connectivity index (χ0n) is 10.5. The number of rotatable bonds is 6. The molecule has 2 rings (SSSR count). The van der Waals surface area contributed by atoms with Gasteiger partial charge in [-0.1, -0.05) is 23.7 Å². The Hall–Kier alpha value is -1.03. The molecule has 0 amide bonds. The van der Waals surface area contributed by atoms with Crippen LogP contribution in [0.4, 0.5) is 0 Å². The van der Waals surface area contributed by atoms with E-state index < -0.39 is 0 Å². The Morgan fingerprint density at radius 1 is 1.44 bits per heavy atom. The van der Waals surface area contributed by atoms with E-state index >= 15 is 0 Å². The van der Waals surface area contributed by atoms with Crippen molar-refractivity contribution in [1.82, 2.24) is 0 Å². The van der Waals surface area contributed by atoms with Gasteiger partial charge in [-0.15, -0.1) is 0 Å². The lowest BCUT2D eigenvalue weighted by Crippen LogP contribution is -2.10. The molecule has 0 fully saturated rings. The lowest BCUT2D eigenvalue weighted by Gasteiger charge is -2.08. The summed E-state index contributed by atoms with van der Waals surface area (Å²) < 4.78 is 11.0. The van der Waals surface area contributed by atoms with Gasteiger partial charge >= 0.3 is 0 Å². The molecule has 1 unspecified atom stereocenters. The fraction of sp³-hybridized carbons (Fsp3) is 0.429. The van der Waals surface area contributed by atoms with Crippen LogP contribution in [0.2, 0.25) is 5.02 Å². The van der Waals surface area contributed by atoms with Gasteiger partial charge in [0.05, 0.1) is 11.1 Å². The SMILES string of the molecule is CCOCCCC(N)c1cc2cccc(Cl)c2o1. The summed E-state index contributed by atoms with van der Waals surface area (Å²) in [6.07, 6.45) is 1.78. The molecule has 2 N–H and O–H groups in total. The van der Waals surface area contributed by atoms with Crippen LogP contribution in [0.25, 0.3) is 11.0 Å². The Kier molecular flexibility index (Phi) is 4.64. The van der Waals surface area contributed by atoms with Gasteiger partial charge in [0.2, 0.25) is 0 Å². The molecule has 0 saturated heterocycles. The number of para-hydroxylation sites is 1. The number of benzene rings is 1. The maximum absolute atomic E-state index is 6.10. The van der Waals surface area contributed by atoms with Crippen LogP contribution in [0.3, 0.4) is 0 Å². The molecule has 3 nitrogen and oxygen atoms in total. The second-order valence-corrected chi connectivity index (χ2v) is 4.66. The lowest BCUT2D eigenvalue weighted by molar-refractivity contribution is 0.141. The van der Waals surface area contributed by atoms with Gasteiger partial charge in [-0.25, -0.2) is 0 Å². The van der Waals surface area contributed by atoms with E-state index in [0.29, 0.717) is 5.02 Å². The number of nitrogens with two attached hydrogens (primary N) is 1. The van der Waals surface area contributed by atoms with Crippen molar-refractivity contribution < 1.29 is 9.15 Å². The van der Waals surface area contributed by atoms with Crippen LogP contribution in [0.15, 0.2) is 28.7 Å². The molecule has 0 radical (unpaired) electrons. The largest absolute Gasteiger partial charge is 0.458 e. The maximum atomic E-state index is 6.10. The number of furan rings is 1. The number of halogens is 1. The van der Waals surface area contributed by atoms with E-state index in [2.05, 4.69) is 0 Å². The first-order chi connectivity index (χ1) is 8.72. The maximum Gasteiger partial charge on any atom is 0.152 e. The summed E-state index contributed by atoms with van der Waals surface area (Å²) in [6, 6.07) is 7.56. The summed E-state index contributed by atoms with van der Waals surface area (Å²) in [5.74, 6) is 0.787. The highest BCUT2D eigenvalue weighted by molar-refractivity contribution is 6.34. The molecule has 0 aliphatic rings. The van der Waals surface area contributed by atoms with Crippen molar-refractivity contribution in [3.8, 4) is 0 Å². The molecule has 1 atom stereocenters. The van der Waals surface area contributed by atoms with Gasteiger partial charge in [0.25, 0.3) is 0 Å². The predicted octanol–water partition coefficient (Wildman–Crippen LogP) is 3.90. The lowest BCUT2D eigenvalue weighted by atomic mass is 10.1. The van der Waals surface area contributed by atoms with Crippen molar-refractivity contribution >= 4 is 22.6 Å². The fourth-order valence-corrected chi connectivity index (χ4v) is 2.14. The molecule has 1 heterocycles. The van der Waals surface area contributed by atoms with E-state index in [1.165, 1.54) is 0 Å². The van der Waals surface area contributed by atoms with Gasteiger partial charge in [-0.3, -0.25) is 0 Å². The van der Waals surface area contributed by atoms with Crippen molar-refractivity contribution in [3.05, 3.63) is 35.0 Å². The van der Waals surface area contributed by atoms with E-state index in [1.54, 1.807) is 0 Å². The molecule has 0 saturated carbocycles. The number of ether oxygens (including phenoxy) is 1. The summed E-state index contributed by atoms with van der Waals surface area (Å²) >= 11 is 6.07. The molecule has 0 bridgehead atoms. The molecule has 4 heteroatoms. The first-order valence-corrected chi connectivity index (χ1v) is 6.61. The zero-order valence-corrected chi connectivity index (χ0v) is 11.2. The van der Waals surface area contributed by atoms with E-state index in [0.717, 1.165) is 42.8 Å². The first kappa shape index (κ1) is 13.4. The minimum Gasteiger partial charge on any atom is -0.458 e. The molecular formula is C14H18ClNO2. The Morgan fingerprint density at radius 2 is 2.28 bits per heavy atom. The number of fused-ring (bicyclic) bond motifs is 1. The molecule has 98 valence electrons.